The van der Waals surface area contributed by atoms with E-state index >= 15 is 8.78 Å². The standard InChI is InChI=1S/C38H38F17N3O9S2/c1-5-6-18-56(68(61,62)28-14-9-25(10-15-28)58(59)60)21-26-11-16-29(30(65-4)67-26)66-22-24(3)20-57(69(63,64)27-12-7-23(2)8-13-27)19-17-31(39,40)32(41,42)33(43,44)34(45,46)35(47,48)36(49,50)37(51,52)38(53,54)55/h5,7-16,26,29-30H,1,3,6,17-22H2,2,4H3/t26-,29+,30-/m0/s1. The molecule has 0 aromatic heterocycles. The van der Waals surface area contributed by atoms with Crippen LogP contribution in [0.5, 0.6) is 0 Å². The van der Waals surface area contributed by atoms with Crippen LogP contribution in [0.2, 0.25) is 0 Å². The molecule has 12 nitrogen and oxygen atoms in total. The first-order valence-corrected chi connectivity index (χ1v) is 21.9. The molecule has 3 atom stereocenters. The highest BCUT2D eigenvalue weighted by molar-refractivity contribution is 7.89. The van der Waals surface area contributed by atoms with Crippen molar-refractivity contribution in [1.29, 1.82) is 0 Å². The van der Waals surface area contributed by atoms with Crippen LogP contribution in [0.3, 0.4) is 0 Å². The third-order valence-corrected chi connectivity index (χ3v) is 13.7. The molecule has 0 unspecified atom stereocenters. The van der Waals surface area contributed by atoms with E-state index in [1.807, 2.05) is 0 Å². The highest BCUT2D eigenvalue weighted by Crippen LogP contribution is 2.64. The average Bonchev–Trinajstić information content (AvgIpc) is 3.25. The summed E-state index contributed by atoms with van der Waals surface area (Å²) in [5.74, 6) is -58.2. The first-order chi connectivity index (χ1) is 31.2. The number of sulfonamides is 2. The number of nitro benzene ring substituents is 1. The highest BCUT2D eigenvalue weighted by Gasteiger charge is 2.95. The molecule has 0 aliphatic carbocycles. The summed E-state index contributed by atoms with van der Waals surface area (Å²) in [7, 11) is -8.57. The summed E-state index contributed by atoms with van der Waals surface area (Å²) in [5.41, 5.74) is -0.561. The fourth-order valence-electron chi connectivity index (χ4n) is 5.95. The number of ether oxygens (including phenoxy) is 3. The Morgan fingerprint density at radius 3 is 1.65 bits per heavy atom. The van der Waals surface area contributed by atoms with Gasteiger partial charge in [0.25, 0.3) is 5.69 Å². The zero-order chi connectivity index (χ0) is 53.2. The lowest BCUT2D eigenvalue weighted by molar-refractivity contribution is -0.461. The van der Waals surface area contributed by atoms with Crippen LogP contribution >= 0.6 is 0 Å². The fraction of sp³-hybridized carbons (Fsp3) is 0.526. The molecule has 2 aromatic rings. The molecule has 1 aliphatic heterocycles. The molecule has 0 saturated heterocycles. The Kier molecular flexibility index (Phi) is 17.7. The second-order valence-electron chi connectivity index (χ2n) is 14.9. The number of alkyl halides is 17. The normalized spacial score (nSPS) is 18.5. The molecular formula is C38H38F17N3O9S2. The molecule has 0 fully saturated rings. The lowest BCUT2D eigenvalue weighted by Gasteiger charge is -2.43. The van der Waals surface area contributed by atoms with E-state index in [9.17, 15) is 92.8 Å². The van der Waals surface area contributed by atoms with Crippen molar-refractivity contribution >= 4 is 25.7 Å². The Morgan fingerprint density at radius 1 is 0.725 bits per heavy atom. The van der Waals surface area contributed by atoms with E-state index in [1.54, 1.807) is 0 Å². The molecular weight excluding hydrogens is 1030 g/mol. The van der Waals surface area contributed by atoms with E-state index < -0.39 is 140 Å². The summed E-state index contributed by atoms with van der Waals surface area (Å²) >= 11 is 0. The van der Waals surface area contributed by atoms with Crippen molar-refractivity contribution in [2.45, 2.75) is 95.7 Å². The molecule has 69 heavy (non-hydrogen) atoms. The summed E-state index contributed by atoms with van der Waals surface area (Å²) in [4.78, 5) is 9.11. The van der Waals surface area contributed by atoms with Gasteiger partial charge in [-0.25, -0.2) is 16.8 Å². The number of halogens is 17. The molecule has 1 heterocycles. The molecule has 3 rings (SSSR count). The zero-order valence-corrected chi connectivity index (χ0v) is 36.8. The summed E-state index contributed by atoms with van der Waals surface area (Å²) in [5, 5.41) is 11.0. The number of benzene rings is 2. The Balaban J connectivity index is 1.89. The quantitative estimate of drug-likeness (QED) is 0.0411. The third kappa shape index (κ3) is 11.5. The minimum atomic E-state index is -8.84. The van der Waals surface area contributed by atoms with Gasteiger partial charge in [-0.3, -0.25) is 10.1 Å². The molecule has 0 radical (unpaired) electrons. The molecule has 1 aliphatic rings. The number of methoxy groups -OCH3 is 1. The van der Waals surface area contributed by atoms with Crippen LogP contribution in [0.4, 0.5) is 80.3 Å². The van der Waals surface area contributed by atoms with Gasteiger partial charge in [-0.1, -0.05) is 42.5 Å². The predicted molar refractivity (Wildman–Crippen MR) is 206 cm³/mol. The van der Waals surface area contributed by atoms with Gasteiger partial charge in [-0.05, 0) is 43.2 Å². The Labute approximate surface area is 381 Å². The summed E-state index contributed by atoms with van der Waals surface area (Å²) in [6, 6.07) is 7.70. The van der Waals surface area contributed by atoms with Gasteiger partial charge < -0.3 is 14.2 Å². The van der Waals surface area contributed by atoms with Crippen LogP contribution in [0, 0.1) is 17.0 Å². The van der Waals surface area contributed by atoms with Crippen LogP contribution in [0.1, 0.15) is 18.4 Å². The number of rotatable bonds is 25. The Bertz CT molecular complexity index is 2400. The average molecular weight is 1070 g/mol. The maximum absolute atomic E-state index is 15.0. The lowest BCUT2D eigenvalue weighted by atomic mass is 9.88. The van der Waals surface area contributed by atoms with Gasteiger partial charge in [0.05, 0.1) is 27.4 Å². The van der Waals surface area contributed by atoms with Gasteiger partial charge in [0.15, 0.2) is 6.29 Å². The Morgan fingerprint density at radius 2 is 1.19 bits per heavy atom. The molecule has 390 valence electrons. The van der Waals surface area contributed by atoms with Gasteiger partial charge in [0.1, 0.15) is 6.10 Å². The van der Waals surface area contributed by atoms with Gasteiger partial charge >= 0.3 is 47.6 Å². The van der Waals surface area contributed by atoms with Crippen molar-refractivity contribution in [3.05, 3.63) is 101 Å². The smallest absolute Gasteiger partial charge is 0.364 e. The van der Waals surface area contributed by atoms with Crippen LogP contribution in [-0.4, -0.2) is 136 Å². The number of nitrogens with zero attached hydrogens (tertiary/aromatic N) is 3. The minimum absolute atomic E-state index is 0.113. The number of hydrogen-bond acceptors (Lipinski definition) is 9. The summed E-state index contributed by atoms with van der Waals surface area (Å²) in [6.45, 7) is 3.48. The van der Waals surface area contributed by atoms with E-state index in [-0.39, 0.29) is 22.2 Å². The maximum Gasteiger partial charge on any atom is 0.460 e. The van der Waals surface area contributed by atoms with Crippen LogP contribution < -0.4 is 0 Å². The first kappa shape index (κ1) is 58.9. The Hall–Kier alpha value is -4.43. The first-order valence-electron chi connectivity index (χ1n) is 19.0. The number of nitro groups is 1. The van der Waals surface area contributed by atoms with Crippen molar-refractivity contribution in [2.24, 2.45) is 0 Å². The van der Waals surface area contributed by atoms with Gasteiger partial charge in [0, 0.05) is 51.8 Å². The van der Waals surface area contributed by atoms with E-state index in [0.29, 0.717) is 5.56 Å². The molecule has 0 amide bonds. The second-order valence-corrected chi connectivity index (χ2v) is 18.8. The van der Waals surface area contributed by atoms with Crippen molar-refractivity contribution in [3.63, 3.8) is 0 Å². The highest BCUT2D eigenvalue weighted by atomic mass is 32.2. The van der Waals surface area contributed by atoms with Gasteiger partial charge in [-0.2, -0.15) is 83.2 Å². The van der Waals surface area contributed by atoms with Crippen molar-refractivity contribution in [3.8, 4) is 0 Å². The van der Waals surface area contributed by atoms with E-state index in [2.05, 4.69) is 13.2 Å². The van der Waals surface area contributed by atoms with Crippen molar-refractivity contribution in [2.75, 3.05) is 39.9 Å². The topological polar surface area (TPSA) is 146 Å². The maximum atomic E-state index is 15.0. The van der Waals surface area contributed by atoms with E-state index in [1.165, 1.54) is 25.2 Å². The number of aryl methyl sites for hydroxylation is 1. The molecule has 0 spiro atoms. The molecule has 2 aromatic carbocycles. The monoisotopic (exact) mass is 1070 g/mol. The number of non-ortho nitro benzene ring substituents is 1. The summed E-state index contributed by atoms with van der Waals surface area (Å²) < 4.78 is 308. The molecule has 31 heteroatoms. The molecule has 0 N–H and O–H groups in total. The second kappa shape index (κ2) is 20.7. The molecule has 0 saturated carbocycles. The fourth-order valence-corrected chi connectivity index (χ4v) is 8.88. The third-order valence-electron chi connectivity index (χ3n) is 9.98. The lowest BCUT2D eigenvalue weighted by Crippen LogP contribution is -2.74. The van der Waals surface area contributed by atoms with Crippen molar-refractivity contribution < 1.29 is 111 Å². The van der Waals surface area contributed by atoms with Crippen LogP contribution in [0.15, 0.2) is 95.3 Å². The largest absolute Gasteiger partial charge is 0.460 e. The van der Waals surface area contributed by atoms with Crippen LogP contribution in [-0.2, 0) is 34.3 Å². The van der Waals surface area contributed by atoms with E-state index in [4.69, 9.17) is 14.2 Å². The number of hydrogen-bond donors (Lipinski definition) is 0. The summed E-state index contributed by atoms with van der Waals surface area (Å²) in [6.07, 6.45) is -10.9. The zero-order valence-electron chi connectivity index (χ0n) is 35.2. The predicted octanol–water partition coefficient (Wildman–Crippen LogP) is 9.43. The van der Waals surface area contributed by atoms with Crippen LogP contribution in [0.25, 0.3) is 0 Å². The molecule has 0 bridgehead atoms. The minimum Gasteiger partial charge on any atom is -0.364 e. The van der Waals surface area contributed by atoms with E-state index in [0.717, 1.165) is 59.9 Å². The van der Waals surface area contributed by atoms with Crippen molar-refractivity contribution in [1.82, 2.24) is 8.61 Å². The SMILES string of the molecule is C=CCCN(C[C@@H]1C=C[C@@H](OCC(=C)CN(CCC(F)(F)C(F)(F)C(F)(F)C(F)(F)C(F)(F)C(F)(F)C(F)(F)C(F)(F)F)S(=O)(=O)c2ccc(C)cc2)[C@@H](OC)O1)S(=O)(=O)c1ccc([N+](=O)[O-])cc1. The van der Waals surface area contributed by atoms with Gasteiger partial charge in [-0.15, -0.1) is 6.58 Å². The van der Waals surface area contributed by atoms with Gasteiger partial charge in [0.2, 0.25) is 20.0 Å².